The van der Waals surface area contributed by atoms with Gasteiger partial charge in [-0.05, 0) is 67.9 Å². The highest BCUT2D eigenvalue weighted by molar-refractivity contribution is 5.86. The number of pyridine rings is 1. The number of amides is 2. The lowest BCUT2D eigenvalue weighted by Crippen LogP contribution is -2.50. The average molecular weight is 403 g/mol. The topological polar surface area (TPSA) is 48.5 Å². The van der Waals surface area contributed by atoms with E-state index in [2.05, 4.69) is 59.5 Å². The highest BCUT2D eigenvalue weighted by atomic mass is 16.2. The van der Waals surface area contributed by atoms with E-state index in [-0.39, 0.29) is 18.1 Å². The van der Waals surface area contributed by atoms with Crippen LogP contribution in [0, 0.1) is 0 Å². The first-order valence-corrected chi connectivity index (χ1v) is 10.7. The molecule has 30 heavy (non-hydrogen) atoms. The lowest BCUT2D eigenvalue weighted by atomic mass is 9.99. The normalized spacial score (nSPS) is 16.3. The molecule has 0 spiro atoms. The first-order chi connectivity index (χ1) is 14.6. The fourth-order valence-corrected chi connectivity index (χ4v) is 4.34. The second-order valence-electron chi connectivity index (χ2n) is 8.26. The summed E-state index contributed by atoms with van der Waals surface area (Å²) in [4.78, 5) is 22.0. The van der Waals surface area contributed by atoms with E-state index in [9.17, 15) is 4.79 Å². The number of hydrogen-bond acceptors (Lipinski definition) is 3. The van der Waals surface area contributed by atoms with Gasteiger partial charge in [0.05, 0.1) is 6.04 Å². The molecule has 0 unspecified atom stereocenters. The zero-order valence-corrected chi connectivity index (χ0v) is 17.8. The first kappa shape index (κ1) is 20.4. The second-order valence-corrected chi connectivity index (χ2v) is 8.26. The Kier molecular flexibility index (Phi) is 6.29. The maximum absolute atomic E-state index is 13.4. The number of carbonyl (C=O) groups is 1. The summed E-state index contributed by atoms with van der Waals surface area (Å²) in [6.45, 7) is 4.67. The van der Waals surface area contributed by atoms with Crippen LogP contribution in [-0.4, -0.2) is 47.0 Å². The number of carbonyl (C=O) groups excluding carboxylic acids is 1. The molecular formula is C25H30N4O. The third-order valence-electron chi connectivity index (χ3n) is 6.10. The molecule has 0 saturated carbocycles. The molecule has 1 aliphatic heterocycles. The molecule has 1 aliphatic rings. The molecule has 1 aromatic heterocycles. The summed E-state index contributed by atoms with van der Waals surface area (Å²) in [6.07, 6.45) is 5.61. The minimum atomic E-state index is -0.0775. The predicted molar refractivity (Wildman–Crippen MR) is 121 cm³/mol. The number of hydrogen-bond donors (Lipinski definition) is 1. The number of benzene rings is 2. The van der Waals surface area contributed by atoms with Crippen LogP contribution in [-0.2, 0) is 6.54 Å². The van der Waals surface area contributed by atoms with E-state index in [1.54, 1.807) is 6.20 Å². The summed E-state index contributed by atoms with van der Waals surface area (Å²) < 4.78 is 0. The quantitative estimate of drug-likeness (QED) is 0.678. The van der Waals surface area contributed by atoms with Crippen LogP contribution in [0.25, 0.3) is 10.8 Å². The standard InChI is InChI=1S/C25H30N4O/c1-19(23-11-5-9-21-8-3-4-10-24(21)23)27-25(30)29(18-20-7-6-14-26-17-20)22-12-15-28(2)16-13-22/h3-11,14,17,19,22H,12-13,15-16,18H2,1-2H3,(H,27,30)/t19-/m0/s1. The Hall–Kier alpha value is -2.92. The summed E-state index contributed by atoms with van der Waals surface area (Å²) >= 11 is 0. The Bertz CT molecular complexity index is 977. The minimum absolute atomic E-state index is 0.00570. The zero-order chi connectivity index (χ0) is 20.9. The summed E-state index contributed by atoms with van der Waals surface area (Å²) in [7, 11) is 2.14. The molecule has 1 N–H and O–H groups in total. The third-order valence-corrected chi connectivity index (χ3v) is 6.10. The van der Waals surface area contributed by atoms with Gasteiger partial charge in [-0.1, -0.05) is 48.5 Å². The van der Waals surface area contributed by atoms with Crippen LogP contribution < -0.4 is 5.32 Å². The summed E-state index contributed by atoms with van der Waals surface area (Å²) in [5, 5.41) is 5.65. The fraction of sp³-hybridized carbons (Fsp3) is 0.360. The van der Waals surface area contributed by atoms with E-state index < -0.39 is 0 Å². The van der Waals surface area contributed by atoms with Gasteiger partial charge >= 0.3 is 6.03 Å². The van der Waals surface area contributed by atoms with Gasteiger partial charge in [-0.15, -0.1) is 0 Å². The van der Waals surface area contributed by atoms with Crippen molar-refractivity contribution in [2.45, 2.75) is 38.4 Å². The number of nitrogens with zero attached hydrogens (tertiary/aromatic N) is 3. The highest BCUT2D eigenvalue weighted by Crippen LogP contribution is 2.25. The van der Waals surface area contributed by atoms with Crippen molar-refractivity contribution in [3.8, 4) is 0 Å². The van der Waals surface area contributed by atoms with E-state index in [4.69, 9.17) is 0 Å². The number of nitrogens with one attached hydrogen (secondary N) is 1. The van der Waals surface area contributed by atoms with Crippen LogP contribution in [0.2, 0.25) is 0 Å². The highest BCUT2D eigenvalue weighted by Gasteiger charge is 2.28. The lowest BCUT2D eigenvalue weighted by molar-refractivity contribution is 0.125. The smallest absolute Gasteiger partial charge is 0.318 e. The molecule has 1 atom stereocenters. The van der Waals surface area contributed by atoms with Crippen LogP contribution in [0.1, 0.15) is 36.9 Å². The van der Waals surface area contributed by atoms with E-state index in [1.807, 2.05) is 35.4 Å². The second kappa shape index (κ2) is 9.26. The van der Waals surface area contributed by atoms with Crippen molar-refractivity contribution in [3.63, 3.8) is 0 Å². The number of aromatic nitrogens is 1. The van der Waals surface area contributed by atoms with E-state index in [0.29, 0.717) is 6.54 Å². The predicted octanol–water partition coefficient (Wildman–Crippen LogP) is 4.60. The zero-order valence-electron chi connectivity index (χ0n) is 17.8. The van der Waals surface area contributed by atoms with Crippen LogP contribution >= 0.6 is 0 Å². The van der Waals surface area contributed by atoms with Crippen molar-refractivity contribution in [2.75, 3.05) is 20.1 Å². The number of piperidine rings is 1. The molecule has 0 aliphatic carbocycles. The maximum atomic E-state index is 13.4. The maximum Gasteiger partial charge on any atom is 0.318 e. The first-order valence-electron chi connectivity index (χ1n) is 10.7. The molecule has 4 rings (SSSR count). The Morgan fingerprint density at radius 1 is 1.13 bits per heavy atom. The summed E-state index contributed by atoms with van der Waals surface area (Å²) in [5.74, 6) is 0. The molecule has 0 radical (unpaired) electrons. The van der Waals surface area contributed by atoms with Crippen molar-refractivity contribution in [2.24, 2.45) is 0 Å². The van der Waals surface area contributed by atoms with Crippen molar-refractivity contribution in [1.29, 1.82) is 0 Å². The van der Waals surface area contributed by atoms with Crippen LogP contribution in [0.5, 0.6) is 0 Å². The Balaban J connectivity index is 1.54. The van der Waals surface area contributed by atoms with Gasteiger partial charge in [0.15, 0.2) is 0 Å². The van der Waals surface area contributed by atoms with Gasteiger partial charge in [0, 0.05) is 25.0 Å². The Morgan fingerprint density at radius 3 is 2.67 bits per heavy atom. The number of urea groups is 1. The van der Waals surface area contributed by atoms with Gasteiger partial charge in [-0.3, -0.25) is 4.98 Å². The average Bonchev–Trinajstić information content (AvgIpc) is 2.78. The molecular weight excluding hydrogens is 372 g/mol. The third kappa shape index (κ3) is 4.62. The molecule has 1 fully saturated rings. The molecule has 2 amide bonds. The van der Waals surface area contributed by atoms with Crippen LogP contribution in [0.4, 0.5) is 4.79 Å². The van der Waals surface area contributed by atoms with Gasteiger partial charge in [-0.25, -0.2) is 4.79 Å². The summed E-state index contributed by atoms with van der Waals surface area (Å²) in [5.41, 5.74) is 2.20. The van der Waals surface area contributed by atoms with Gasteiger partial charge in [-0.2, -0.15) is 0 Å². The Labute approximate surface area is 178 Å². The minimum Gasteiger partial charge on any atom is -0.331 e. The van der Waals surface area contributed by atoms with E-state index in [0.717, 1.165) is 37.1 Å². The number of likely N-dealkylation sites (tertiary alicyclic amines) is 1. The van der Waals surface area contributed by atoms with Gasteiger partial charge in [0.1, 0.15) is 0 Å². The van der Waals surface area contributed by atoms with Gasteiger partial charge in [0.2, 0.25) is 0 Å². The van der Waals surface area contributed by atoms with Gasteiger partial charge in [0.25, 0.3) is 0 Å². The molecule has 1 saturated heterocycles. The SMILES string of the molecule is C[C@H](NC(=O)N(Cc1cccnc1)C1CCN(C)CC1)c1cccc2ccccc12. The molecule has 2 aromatic carbocycles. The molecule has 3 aromatic rings. The molecule has 2 heterocycles. The molecule has 5 nitrogen and oxygen atoms in total. The fourth-order valence-electron chi connectivity index (χ4n) is 4.34. The van der Waals surface area contributed by atoms with Crippen molar-refractivity contribution >= 4 is 16.8 Å². The molecule has 5 heteroatoms. The van der Waals surface area contributed by atoms with E-state index >= 15 is 0 Å². The van der Waals surface area contributed by atoms with Crippen LogP contribution in [0.15, 0.2) is 67.0 Å². The van der Waals surface area contributed by atoms with E-state index in [1.165, 1.54) is 10.8 Å². The molecule has 0 bridgehead atoms. The number of rotatable bonds is 5. The van der Waals surface area contributed by atoms with Crippen molar-refractivity contribution in [1.82, 2.24) is 20.1 Å². The largest absolute Gasteiger partial charge is 0.331 e. The number of fused-ring (bicyclic) bond motifs is 1. The Morgan fingerprint density at radius 2 is 1.90 bits per heavy atom. The lowest BCUT2D eigenvalue weighted by Gasteiger charge is -2.38. The van der Waals surface area contributed by atoms with Crippen LogP contribution in [0.3, 0.4) is 0 Å². The monoisotopic (exact) mass is 402 g/mol. The van der Waals surface area contributed by atoms with Crippen molar-refractivity contribution < 1.29 is 4.79 Å². The van der Waals surface area contributed by atoms with Gasteiger partial charge < -0.3 is 15.1 Å². The summed E-state index contributed by atoms with van der Waals surface area (Å²) in [6, 6.07) is 18.7. The molecule has 156 valence electrons. The van der Waals surface area contributed by atoms with Crippen molar-refractivity contribution in [3.05, 3.63) is 78.1 Å².